The molecular weight excluding hydrogens is 881 g/mol. The summed E-state index contributed by atoms with van der Waals surface area (Å²) >= 11 is 0. The van der Waals surface area contributed by atoms with Crippen molar-refractivity contribution in [3.8, 4) is 11.3 Å². The van der Waals surface area contributed by atoms with Gasteiger partial charge in [-0.3, -0.25) is 13.7 Å². The van der Waals surface area contributed by atoms with Gasteiger partial charge in [0.2, 0.25) is 5.36 Å². The van der Waals surface area contributed by atoms with Crippen LogP contribution in [0.2, 0.25) is 0 Å². The van der Waals surface area contributed by atoms with Gasteiger partial charge in [-0.1, -0.05) is 32.9 Å². The van der Waals surface area contributed by atoms with Crippen LogP contribution in [0.15, 0.2) is 69.6 Å². The zero-order valence-electron chi connectivity index (χ0n) is 36.7. The van der Waals surface area contributed by atoms with E-state index in [1.165, 1.54) is 12.1 Å². The molecule has 63 heavy (non-hydrogen) atoms. The van der Waals surface area contributed by atoms with Gasteiger partial charge in [-0.15, -0.1) is 0 Å². The Morgan fingerprint density at radius 3 is 2.03 bits per heavy atom. The predicted molar refractivity (Wildman–Crippen MR) is 240 cm³/mol. The maximum Gasteiger partial charge on any atom is 0.294 e. The second-order valence-corrected chi connectivity index (χ2v) is 21.0. The minimum absolute atomic E-state index is 0.0428. The zero-order chi connectivity index (χ0) is 46.5. The Hall–Kier alpha value is -3.54. The van der Waals surface area contributed by atoms with Crippen molar-refractivity contribution < 1.29 is 67.4 Å². The molecular formula is C43H63N2O15S3+. The zero-order valence-corrected chi connectivity index (χ0v) is 39.1. The molecule has 0 aromatic heterocycles. The Bertz CT molecular complexity index is 2420. The Morgan fingerprint density at radius 1 is 0.794 bits per heavy atom. The van der Waals surface area contributed by atoms with Gasteiger partial charge in [0.25, 0.3) is 30.4 Å². The summed E-state index contributed by atoms with van der Waals surface area (Å²) in [5.41, 5.74) is 2.03. The highest BCUT2D eigenvalue weighted by atomic mass is 32.2. The number of hydrogen-bond acceptors (Lipinski definition) is 13. The number of aliphatic hydroxyl groups is 1. The largest absolute Gasteiger partial charge is 0.460 e. The number of hydrogen-bond donors (Lipinski definition) is 4. The van der Waals surface area contributed by atoms with Gasteiger partial charge in [-0.2, -0.15) is 25.3 Å². The number of anilines is 1. The fourth-order valence-electron chi connectivity index (χ4n) is 7.35. The third-order valence-electron chi connectivity index (χ3n) is 10.6. The smallest absolute Gasteiger partial charge is 0.294 e. The second kappa shape index (κ2) is 23.1. The number of nitrogens with zero attached hydrogens (tertiary/aromatic N) is 2. The lowest BCUT2D eigenvalue weighted by Gasteiger charge is -2.30. The number of methoxy groups -OCH3 is 1. The number of aliphatic hydroxyl groups excluding tert-OH is 1. The summed E-state index contributed by atoms with van der Waals surface area (Å²) in [5.74, 6) is 0.305. The SMILES string of the molecule is COCCOCCOCCOCC[N+](CCCS(=O)(=O)O)=c1ccc2c(/C=C/C=C3\N(CCCO)c4ccc(S(=O)(=O)O)cc4C3(C)CCCS(=O)(=O)O)cc(C(C)(C)C)oc-2c1. The van der Waals surface area contributed by atoms with Gasteiger partial charge in [-0.05, 0) is 73.7 Å². The van der Waals surface area contributed by atoms with Crippen LogP contribution in [-0.2, 0) is 60.1 Å². The molecule has 1 aromatic carbocycles. The summed E-state index contributed by atoms with van der Waals surface area (Å²) in [4.78, 5) is 1.62. The van der Waals surface area contributed by atoms with Crippen molar-refractivity contribution in [3.63, 3.8) is 0 Å². The van der Waals surface area contributed by atoms with Crippen molar-refractivity contribution in [1.82, 2.24) is 4.58 Å². The molecule has 4 rings (SSSR count). The summed E-state index contributed by atoms with van der Waals surface area (Å²) in [6.07, 6.45) is 6.36. The third kappa shape index (κ3) is 15.8. The monoisotopic (exact) mass is 943 g/mol. The molecule has 1 aromatic rings. The van der Waals surface area contributed by atoms with Crippen LogP contribution >= 0.6 is 0 Å². The van der Waals surface area contributed by atoms with Crippen molar-refractivity contribution in [3.05, 3.63) is 82.6 Å². The quantitative estimate of drug-likeness (QED) is 0.0496. The minimum atomic E-state index is -4.58. The molecule has 1 unspecified atom stereocenters. The average molecular weight is 944 g/mol. The standard InChI is InChI=1S/C43H62N2O15S3/c1-42(2,3)41-30-33(10-6-11-40-43(4,16-7-28-61(47,48)49)37-32-35(63(53,54)55)13-15-38(37)45(40)18-8-20-46)36-14-12-34(31-39(36)60-41)44(17-9-29-62(50,51)52)19-21-57-24-25-59-27-26-58-23-22-56-5/h6,10-15,30-32,46H,7-9,16-29H2,1-5H3,(H2-,47,48,49,50,51,52,53,54,55)/p+1. The first kappa shape index (κ1) is 52.1. The molecule has 2 heterocycles. The van der Waals surface area contributed by atoms with E-state index in [4.69, 9.17) is 23.4 Å². The van der Waals surface area contributed by atoms with Crippen LogP contribution in [0.4, 0.5) is 5.69 Å². The van der Waals surface area contributed by atoms with Crippen molar-refractivity contribution in [2.24, 2.45) is 0 Å². The highest BCUT2D eigenvalue weighted by Gasteiger charge is 2.43. The molecule has 1 atom stereocenters. The summed E-state index contributed by atoms with van der Waals surface area (Å²) in [5, 5.41) is 10.5. The first-order chi connectivity index (χ1) is 29.6. The van der Waals surface area contributed by atoms with E-state index < -0.39 is 52.7 Å². The van der Waals surface area contributed by atoms with E-state index in [1.807, 2.05) is 79.7 Å². The summed E-state index contributed by atoms with van der Waals surface area (Å²) in [6.45, 7) is 11.7. The van der Waals surface area contributed by atoms with Crippen LogP contribution in [0.1, 0.15) is 70.3 Å². The number of allylic oxidation sites excluding steroid dienone is 3. The van der Waals surface area contributed by atoms with Crippen LogP contribution in [0, 0.1) is 0 Å². The first-order valence-electron chi connectivity index (χ1n) is 20.8. The molecule has 0 bridgehead atoms. The molecule has 20 heteroatoms. The molecule has 0 saturated heterocycles. The Kier molecular flexibility index (Phi) is 19.1. The molecule has 3 aliphatic rings. The fourth-order valence-corrected chi connectivity index (χ4v) is 8.86. The van der Waals surface area contributed by atoms with Crippen molar-refractivity contribution in [2.45, 2.75) is 69.1 Å². The highest BCUT2D eigenvalue weighted by Crippen LogP contribution is 2.51. The van der Waals surface area contributed by atoms with Gasteiger partial charge in [0.05, 0.1) is 62.1 Å². The van der Waals surface area contributed by atoms with E-state index in [1.54, 1.807) is 13.2 Å². The van der Waals surface area contributed by atoms with Crippen LogP contribution in [-0.4, -0.2) is 135 Å². The first-order valence-corrected chi connectivity index (χ1v) is 25.4. The lowest BCUT2D eigenvalue weighted by molar-refractivity contribution is 0.00371. The number of benzene rings is 2. The molecule has 0 spiro atoms. The van der Waals surface area contributed by atoms with Gasteiger partial charge < -0.3 is 33.4 Å². The van der Waals surface area contributed by atoms with E-state index in [2.05, 4.69) is 0 Å². The van der Waals surface area contributed by atoms with Gasteiger partial charge in [0.1, 0.15) is 24.7 Å². The van der Waals surface area contributed by atoms with Gasteiger partial charge in [0.15, 0.2) is 6.54 Å². The third-order valence-corrected chi connectivity index (χ3v) is 13.0. The number of rotatable bonds is 26. The lowest BCUT2D eigenvalue weighted by atomic mass is 9.77. The molecule has 0 fully saturated rings. The maximum atomic E-state index is 12.2. The Morgan fingerprint density at radius 2 is 1.43 bits per heavy atom. The highest BCUT2D eigenvalue weighted by molar-refractivity contribution is 7.86. The van der Waals surface area contributed by atoms with Crippen LogP contribution in [0.5, 0.6) is 0 Å². The number of fused-ring (bicyclic) bond motifs is 2. The van der Waals surface area contributed by atoms with E-state index in [0.29, 0.717) is 101 Å². The molecule has 0 saturated carbocycles. The van der Waals surface area contributed by atoms with E-state index in [9.17, 15) is 44.0 Å². The fraction of sp³-hybridized carbons (Fsp3) is 0.558. The van der Waals surface area contributed by atoms with E-state index in [-0.39, 0.29) is 30.8 Å². The Balaban J connectivity index is 1.74. The number of ether oxygens (including phenoxy) is 4. The topological polar surface area (TPSA) is 240 Å². The molecule has 2 aliphatic heterocycles. The Labute approximate surface area is 371 Å². The molecule has 0 amide bonds. The molecule has 1 aliphatic carbocycles. The second-order valence-electron chi connectivity index (χ2n) is 16.5. The molecule has 4 N–H and O–H groups in total. The van der Waals surface area contributed by atoms with Crippen LogP contribution < -0.4 is 14.8 Å². The van der Waals surface area contributed by atoms with Crippen LogP contribution in [0.25, 0.3) is 17.4 Å². The van der Waals surface area contributed by atoms with Crippen molar-refractivity contribution >= 4 is 42.1 Å². The maximum absolute atomic E-state index is 12.2. The van der Waals surface area contributed by atoms with Gasteiger partial charge in [0, 0.05) is 60.5 Å². The summed E-state index contributed by atoms with van der Waals surface area (Å²) in [7, 11) is -11.5. The molecule has 17 nitrogen and oxygen atoms in total. The van der Waals surface area contributed by atoms with Crippen LogP contribution in [0.3, 0.4) is 0 Å². The normalized spacial score (nSPS) is 17.3. The van der Waals surface area contributed by atoms with Crippen molar-refractivity contribution in [2.75, 3.05) is 96.0 Å². The molecule has 352 valence electrons. The van der Waals surface area contributed by atoms with Crippen molar-refractivity contribution in [1.29, 1.82) is 0 Å². The van der Waals surface area contributed by atoms with E-state index >= 15 is 0 Å². The average Bonchev–Trinajstić information content (AvgIpc) is 3.42. The minimum Gasteiger partial charge on any atom is -0.460 e. The molecule has 0 radical (unpaired) electrons. The van der Waals surface area contributed by atoms with Gasteiger partial charge in [-0.25, -0.2) is 4.58 Å². The lowest BCUT2D eigenvalue weighted by Crippen LogP contribution is -2.35. The van der Waals surface area contributed by atoms with Gasteiger partial charge >= 0.3 is 0 Å². The predicted octanol–water partition coefficient (Wildman–Crippen LogP) is 4.40. The van der Waals surface area contributed by atoms with E-state index in [0.717, 1.165) is 16.5 Å². The summed E-state index contributed by atoms with van der Waals surface area (Å²) in [6, 6.07) is 11.9. The summed E-state index contributed by atoms with van der Waals surface area (Å²) < 4.78 is 130.